The molecule has 0 fully saturated rings. The Morgan fingerprint density at radius 2 is 2.33 bits per heavy atom. The van der Waals surface area contributed by atoms with E-state index in [1.54, 1.807) is 13.0 Å². The summed E-state index contributed by atoms with van der Waals surface area (Å²) >= 11 is 0. The van der Waals surface area contributed by atoms with Crippen molar-refractivity contribution in [1.82, 2.24) is 20.4 Å². The third-order valence-corrected chi connectivity index (χ3v) is 2.28. The number of pyridine rings is 1. The average molecular weight is 247 g/mol. The molecule has 0 saturated carbocycles. The molecule has 18 heavy (non-hydrogen) atoms. The number of nitrogens with zero attached hydrogens (tertiary/aromatic N) is 3. The third kappa shape index (κ3) is 3.03. The van der Waals surface area contributed by atoms with Crippen molar-refractivity contribution in [3.8, 4) is 0 Å². The van der Waals surface area contributed by atoms with E-state index >= 15 is 0 Å². The van der Waals surface area contributed by atoms with Crippen LogP contribution in [0.1, 0.15) is 21.9 Å². The fraction of sp³-hybridized carbons (Fsp3) is 0.273. The molecule has 7 nitrogen and oxygen atoms in total. The monoisotopic (exact) mass is 247 g/mol. The number of nitrogen functional groups attached to an aromatic ring is 1. The zero-order valence-corrected chi connectivity index (χ0v) is 9.88. The molecule has 2 aromatic rings. The van der Waals surface area contributed by atoms with Gasteiger partial charge >= 0.3 is 0 Å². The highest BCUT2D eigenvalue weighted by molar-refractivity contribution is 5.94. The van der Waals surface area contributed by atoms with Gasteiger partial charge in [-0.15, -0.1) is 0 Å². The van der Waals surface area contributed by atoms with Crippen molar-refractivity contribution in [2.24, 2.45) is 0 Å². The predicted octanol–water partition coefficient (Wildman–Crippen LogP) is 0.328. The molecule has 0 radical (unpaired) electrons. The highest BCUT2D eigenvalue weighted by atomic mass is 16.5. The fourth-order valence-corrected chi connectivity index (χ4v) is 1.52. The number of aromatic nitrogens is 3. The van der Waals surface area contributed by atoms with Crippen molar-refractivity contribution < 1.29 is 9.32 Å². The Labute approximate surface area is 103 Å². The summed E-state index contributed by atoms with van der Waals surface area (Å²) in [6, 6.07) is 3.22. The molecule has 3 N–H and O–H groups in total. The molecule has 0 atom stereocenters. The quantitative estimate of drug-likeness (QED) is 0.806. The Hall–Kier alpha value is -2.44. The van der Waals surface area contributed by atoms with Crippen molar-refractivity contribution in [1.29, 1.82) is 0 Å². The Bertz CT molecular complexity index is 518. The zero-order valence-electron chi connectivity index (χ0n) is 9.88. The van der Waals surface area contributed by atoms with Gasteiger partial charge in [-0.1, -0.05) is 5.16 Å². The number of hydrogen-bond acceptors (Lipinski definition) is 6. The summed E-state index contributed by atoms with van der Waals surface area (Å²) in [4.78, 5) is 19.7. The standard InChI is InChI=1S/C11H13N5O2/c1-7-4-8(5-9(12)15-7)11(17)13-3-2-10-14-6-18-16-10/h4-6H,2-3H2,1H3,(H2,12,15)(H,13,17). The summed E-state index contributed by atoms with van der Waals surface area (Å²) in [6.45, 7) is 2.21. The lowest BCUT2D eigenvalue weighted by molar-refractivity contribution is 0.0953. The molecule has 0 spiro atoms. The van der Waals surface area contributed by atoms with E-state index in [1.807, 2.05) is 0 Å². The van der Waals surface area contributed by atoms with Gasteiger partial charge in [-0.3, -0.25) is 4.79 Å². The van der Waals surface area contributed by atoms with Crippen LogP contribution in [0.25, 0.3) is 0 Å². The number of anilines is 1. The van der Waals surface area contributed by atoms with E-state index < -0.39 is 0 Å². The van der Waals surface area contributed by atoms with Gasteiger partial charge in [0, 0.05) is 24.2 Å². The van der Waals surface area contributed by atoms with Crippen LogP contribution < -0.4 is 11.1 Å². The Kier molecular flexibility index (Phi) is 3.52. The van der Waals surface area contributed by atoms with Gasteiger partial charge < -0.3 is 15.6 Å². The van der Waals surface area contributed by atoms with Gasteiger partial charge in [-0.2, -0.15) is 4.98 Å². The molecule has 0 aliphatic carbocycles. The van der Waals surface area contributed by atoms with Gasteiger partial charge in [-0.05, 0) is 19.1 Å². The summed E-state index contributed by atoms with van der Waals surface area (Å²) in [5.74, 6) is 0.690. The lowest BCUT2D eigenvalue weighted by Crippen LogP contribution is -2.26. The van der Waals surface area contributed by atoms with Gasteiger partial charge in [0.2, 0.25) is 6.39 Å². The third-order valence-electron chi connectivity index (χ3n) is 2.28. The van der Waals surface area contributed by atoms with Crippen molar-refractivity contribution in [2.45, 2.75) is 13.3 Å². The maximum Gasteiger partial charge on any atom is 0.251 e. The van der Waals surface area contributed by atoms with Gasteiger partial charge in [0.05, 0.1) is 0 Å². The SMILES string of the molecule is Cc1cc(C(=O)NCCc2ncon2)cc(N)n1. The fourth-order valence-electron chi connectivity index (χ4n) is 1.52. The first-order valence-electron chi connectivity index (χ1n) is 5.43. The average Bonchev–Trinajstić information content (AvgIpc) is 2.80. The van der Waals surface area contributed by atoms with Crippen LogP contribution in [0.5, 0.6) is 0 Å². The molecule has 0 aliphatic heterocycles. The summed E-state index contributed by atoms with van der Waals surface area (Å²) in [7, 11) is 0. The molecule has 0 bridgehead atoms. The number of amides is 1. The van der Waals surface area contributed by atoms with E-state index in [1.165, 1.54) is 12.5 Å². The van der Waals surface area contributed by atoms with Crippen LogP contribution in [0, 0.1) is 6.92 Å². The number of carbonyl (C=O) groups excluding carboxylic acids is 1. The lowest BCUT2D eigenvalue weighted by Gasteiger charge is -2.05. The molecule has 2 aromatic heterocycles. The van der Waals surface area contributed by atoms with Crippen LogP contribution >= 0.6 is 0 Å². The first kappa shape index (κ1) is 12.0. The number of nitrogens with one attached hydrogen (secondary N) is 1. The normalized spacial score (nSPS) is 10.3. The molecule has 2 rings (SSSR count). The first-order chi connectivity index (χ1) is 8.65. The largest absolute Gasteiger partial charge is 0.384 e. The van der Waals surface area contributed by atoms with Crippen molar-refractivity contribution in [2.75, 3.05) is 12.3 Å². The van der Waals surface area contributed by atoms with Gasteiger partial charge in [0.15, 0.2) is 5.82 Å². The molecule has 1 amide bonds. The molecule has 7 heteroatoms. The maximum absolute atomic E-state index is 11.8. The number of carbonyl (C=O) groups is 1. The number of aryl methyl sites for hydroxylation is 1. The van der Waals surface area contributed by atoms with Crippen LogP contribution in [-0.4, -0.2) is 27.6 Å². The van der Waals surface area contributed by atoms with E-state index in [0.717, 1.165) is 0 Å². The van der Waals surface area contributed by atoms with Crippen molar-refractivity contribution in [3.63, 3.8) is 0 Å². The summed E-state index contributed by atoms with van der Waals surface area (Å²) < 4.78 is 4.59. The van der Waals surface area contributed by atoms with Crippen LogP contribution in [0.15, 0.2) is 23.0 Å². The highest BCUT2D eigenvalue weighted by Gasteiger charge is 2.07. The van der Waals surface area contributed by atoms with E-state index in [2.05, 4.69) is 25.0 Å². The second-order valence-corrected chi connectivity index (χ2v) is 3.78. The lowest BCUT2D eigenvalue weighted by atomic mass is 10.2. The zero-order chi connectivity index (χ0) is 13.0. The van der Waals surface area contributed by atoms with Crippen molar-refractivity contribution >= 4 is 11.7 Å². The van der Waals surface area contributed by atoms with Crippen LogP contribution in [-0.2, 0) is 6.42 Å². The molecule has 0 saturated heterocycles. The van der Waals surface area contributed by atoms with Crippen LogP contribution in [0.3, 0.4) is 0 Å². The predicted molar refractivity (Wildman–Crippen MR) is 63.7 cm³/mol. The molecular weight excluding hydrogens is 234 g/mol. The van der Waals surface area contributed by atoms with Crippen LogP contribution in [0.4, 0.5) is 5.82 Å². The van der Waals surface area contributed by atoms with Gasteiger partial charge in [0.1, 0.15) is 5.82 Å². The van der Waals surface area contributed by atoms with E-state index in [0.29, 0.717) is 35.9 Å². The van der Waals surface area contributed by atoms with E-state index in [-0.39, 0.29) is 5.91 Å². The van der Waals surface area contributed by atoms with Crippen molar-refractivity contribution in [3.05, 3.63) is 35.6 Å². The summed E-state index contributed by atoms with van der Waals surface area (Å²) in [5.41, 5.74) is 6.78. The second-order valence-electron chi connectivity index (χ2n) is 3.78. The Balaban J connectivity index is 1.91. The molecule has 0 aromatic carbocycles. The number of nitrogens with two attached hydrogens (primary N) is 1. The summed E-state index contributed by atoms with van der Waals surface area (Å²) in [5, 5.41) is 6.39. The minimum atomic E-state index is -0.198. The first-order valence-corrected chi connectivity index (χ1v) is 5.43. The van der Waals surface area contributed by atoms with Crippen LogP contribution in [0.2, 0.25) is 0 Å². The number of hydrogen-bond donors (Lipinski definition) is 2. The second kappa shape index (κ2) is 5.26. The Morgan fingerprint density at radius 3 is 3.00 bits per heavy atom. The number of rotatable bonds is 4. The van der Waals surface area contributed by atoms with E-state index in [9.17, 15) is 4.79 Å². The summed E-state index contributed by atoms with van der Waals surface area (Å²) in [6.07, 6.45) is 1.77. The molecule has 0 unspecified atom stereocenters. The molecule has 0 aliphatic rings. The molecule has 94 valence electrons. The van der Waals surface area contributed by atoms with Gasteiger partial charge in [0.25, 0.3) is 5.91 Å². The topological polar surface area (TPSA) is 107 Å². The minimum absolute atomic E-state index is 0.198. The van der Waals surface area contributed by atoms with Gasteiger partial charge in [-0.25, -0.2) is 4.98 Å². The molecular formula is C11H13N5O2. The maximum atomic E-state index is 11.8. The Morgan fingerprint density at radius 1 is 1.50 bits per heavy atom. The smallest absolute Gasteiger partial charge is 0.251 e. The molecule has 2 heterocycles. The van der Waals surface area contributed by atoms with E-state index in [4.69, 9.17) is 5.73 Å². The minimum Gasteiger partial charge on any atom is -0.384 e. The highest BCUT2D eigenvalue weighted by Crippen LogP contribution is 2.06.